The minimum atomic E-state index is -0.372. The maximum atomic E-state index is 13.8. The molecular weight excluding hydrogens is 245 g/mol. The number of halogens is 1. The molecule has 2 aromatic rings. The summed E-state index contributed by atoms with van der Waals surface area (Å²) in [5.41, 5.74) is 0.710. The van der Waals surface area contributed by atoms with Gasteiger partial charge in [-0.3, -0.25) is 4.57 Å². The molecule has 0 aliphatic rings. The van der Waals surface area contributed by atoms with Crippen LogP contribution in [0, 0.1) is 5.82 Å². The molecule has 0 radical (unpaired) electrons. The maximum absolute atomic E-state index is 13.8. The van der Waals surface area contributed by atoms with Gasteiger partial charge in [0, 0.05) is 24.5 Å². The monoisotopic (exact) mass is 263 g/mol. The fourth-order valence-corrected chi connectivity index (χ4v) is 1.79. The van der Waals surface area contributed by atoms with Crippen LogP contribution in [0.1, 0.15) is 20.8 Å². The molecule has 102 valence electrons. The number of ether oxygens (including phenoxy) is 1. The highest BCUT2D eigenvalue weighted by Crippen LogP contribution is 2.22. The molecule has 0 fully saturated rings. The van der Waals surface area contributed by atoms with Crippen molar-refractivity contribution in [1.82, 2.24) is 9.55 Å². The van der Waals surface area contributed by atoms with E-state index in [9.17, 15) is 4.39 Å². The van der Waals surface area contributed by atoms with Crippen LogP contribution in [0.5, 0.6) is 5.75 Å². The molecule has 1 heterocycles. The first-order valence-corrected chi connectivity index (χ1v) is 6.34. The van der Waals surface area contributed by atoms with E-state index in [1.165, 1.54) is 6.07 Å². The summed E-state index contributed by atoms with van der Waals surface area (Å²) in [4.78, 5) is 4.22. The van der Waals surface area contributed by atoms with Gasteiger partial charge in [0.2, 0.25) is 5.95 Å². The Balaban J connectivity index is 2.32. The summed E-state index contributed by atoms with van der Waals surface area (Å²) in [5.74, 6) is 0.590. The van der Waals surface area contributed by atoms with Crippen molar-refractivity contribution in [2.24, 2.45) is 0 Å². The van der Waals surface area contributed by atoms with Crippen molar-refractivity contribution in [3.63, 3.8) is 0 Å². The van der Waals surface area contributed by atoms with Crippen LogP contribution in [0.25, 0.3) is 5.69 Å². The zero-order chi connectivity index (χ0) is 13.8. The predicted molar refractivity (Wildman–Crippen MR) is 73.4 cm³/mol. The second-order valence-corrected chi connectivity index (χ2v) is 4.47. The number of hydrogen-bond acceptors (Lipinski definition) is 3. The Hall–Kier alpha value is -2.04. The molecule has 5 heteroatoms. The third kappa shape index (κ3) is 3.05. The first-order chi connectivity index (χ1) is 9.11. The van der Waals surface area contributed by atoms with E-state index in [-0.39, 0.29) is 17.6 Å². The first kappa shape index (κ1) is 13.4. The SMILES string of the molecule is CCOc1ccc(-n2ccnc2NC(C)C)cc1F. The van der Waals surface area contributed by atoms with E-state index in [0.29, 0.717) is 18.2 Å². The first-order valence-electron chi connectivity index (χ1n) is 6.34. The summed E-state index contributed by atoms with van der Waals surface area (Å²) in [6.07, 6.45) is 3.47. The maximum Gasteiger partial charge on any atom is 0.207 e. The van der Waals surface area contributed by atoms with Gasteiger partial charge in [-0.1, -0.05) is 0 Å². The highest BCUT2D eigenvalue weighted by atomic mass is 19.1. The Kier molecular flexibility index (Phi) is 4.04. The highest BCUT2D eigenvalue weighted by Gasteiger charge is 2.09. The van der Waals surface area contributed by atoms with Crippen LogP contribution in [0.15, 0.2) is 30.6 Å². The molecule has 0 amide bonds. The molecule has 0 saturated heterocycles. The predicted octanol–water partition coefficient (Wildman–Crippen LogP) is 3.23. The fourth-order valence-electron chi connectivity index (χ4n) is 1.79. The van der Waals surface area contributed by atoms with Gasteiger partial charge in [-0.05, 0) is 32.9 Å². The third-order valence-corrected chi connectivity index (χ3v) is 2.55. The van der Waals surface area contributed by atoms with Gasteiger partial charge in [0.05, 0.1) is 12.3 Å². The molecule has 1 N–H and O–H groups in total. The number of imidazole rings is 1. The lowest BCUT2D eigenvalue weighted by molar-refractivity contribution is 0.321. The molecule has 0 aliphatic carbocycles. The van der Waals surface area contributed by atoms with Crippen molar-refractivity contribution < 1.29 is 9.13 Å². The Morgan fingerprint density at radius 1 is 1.42 bits per heavy atom. The Morgan fingerprint density at radius 3 is 2.84 bits per heavy atom. The number of anilines is 1. The Bertz CT molecular complexity index is 551. The number of hydrogen-bond donors (Lipinski definition) is 1. The molecule has 2 rings (SSSR count). The van der Waals surface area contributed by atoms with Crippen molar-refractivity contribution in [3.05, 3.63) is 36.4 Å². The van der Waals surface area contributed by atoms with E-state index in [4.69, 9.17) is 4.74 Å². The lowest BCUT2D eigenvalue weighted by atomic mass is 10.3. The van der Waals surface area contributed by atoms with Crippen molar-refractivity contribution in [3.8, 4) is 11.4 Å². The number of aromatic nitrogens is 2. The van der Waals surface area contributed by atoms with Gasteiger partial charge >= 0.3 is 0 Å². The minimum Gasteiger partial charge on any atom is -0.491 e. The topological polar surface area (TPSA) is 39.1 Å². The van der Waals surface area contributed by atoms with Gasteiger partial charge in [0.15, 0.2) is 11.6 Å². The lowest BCUT2D eigenvalue weighted by Crippen LogP contribution is -2.14. The average molecular weight is 263 g/mol. The second kappa shape index (κ2) is 5.73. The summed E-state index contributed by atoms with van der Waals surface area (Å²) in [6.45, 7) is 6.32. The van der Waals surface area contributed by atoms with Gasteiger partial charge in [0.1, 0.15) is 0 Å². The third-order valence-electron chi connectivity index (χ3n) is 2.55. The largest absolute Gasteiger partial charge is 0.491 e. The van der Waals surface area contributed by atoms with E-state index in [2.05, 4.69) is 10.3 Å². The van der Waals surface area contributed by atoms with Crippen LogP contribution in [-0.4, -0.2) is 22.2 Å². The molecule has 0 unspecified atom stereocenters. The van der Waals surface area contributed by atoms with Crippen LogP contribution in [0.4, 0.5) is 10.3 Å². The standard InChI is InChI=1S/C14H18FN3O/c1-4-19-13-6-5-11(9-12(13)15)18-8-7-16-14(18)17-10(2)3/h5-10H,4H2,1-3H3,(H,16,17). The van der Waals surface area contributed by atoms with Gasteiger partial charge in [-0.25, -0.2) is 9.37 Å². The molecule has 0 saturated carbocycles. The van der Waals surface area contributed by atoms with E-state index < -0.39 is 0 Å². The van der Waals surface area contributed by atoms with Crippen molar-refractivity contribution in [2.45, 2.75) is 26.8 Å². The molecule has 0 bridgehead atoms. The van der Waals surface area contributed by atoms with Gasteiger partial charge in [0.25, 0.3) is 0 Å². The molecule has 1 aromatic carbocycles. The van der Waals surface area contributed by atoms with E-state index in [1.54, 1.807) is 29.1 Å². The number of nitrogens with zero attached hydrogens (tertiary/aromatic N) is 2. The number of nitrogens with one attached hydrogen (secondary N) is 1. The molecule has 0 spiro atoms. The van der Waals surface area contributed by atoms with E-state index >= 15 is 0 Å². The van der Waals surface area contributed by atoms with Crippen molar-refractivity contribution in [1.29, 1.82) is 0 Å². The smallest absolute Gasteiger partial charge is 0.207 e. The van der Waals surface area contributed by atoms with Crippen molar-refractivity contribution >= 4 is 5.95 Å². The molecule has 4 nitrogen and oxygen atoms in total. The van der Waals surface area contributed by atoms with E-state index in [0.717, 1.165) is 0 Å². The normalized spacial score (nSPS) is 10.8. The van der Waals surface area contributed by atoms with Crippen LogP contribution >= 0.6 is 0 Å². The minimum absolute atomic E-state index is 0.258. The molecular formula is C14H18FN3O. The summed E-state index contributed by atoms with van der Waals surface area (Å²) in [5, 5.41) is 3.21. The summed E-state index contributed by atoms with van der Waals surface area (Å²) < 4.78 is 20.8. The molecule has 19 heavy (non-hydrogen) atoms. The number of rotatable bonds is 5. The molecule has 1 aromatic heterocycles. The van der Waals surface area contributed by atoms with Crippen LogP contribution in [0.3, 0.4) is 0 Å². The van der Waals surface area contributed by atoms with Gasteiger partial charge in [-0.2, -0.15) is 0 Å². The molecule has 0 aliphatic heterocycles. The van der Waals surface area contributed by atoms with Gasteiger partial charge in [-0.15, -0.1) is 0 Å². The molecule has 0 atom stereocenters. The highest BCUT2D eigenvalue weighted by molar-refractivity contribution is 5.45. The number of benzene rings is 1. The fraction of sp³-hybridized carbons (Fsp3) is 0.357. The second-order valence-electron chi connectivity index (χ2n) is 4.47. The Morgan fingerprint density at radius 2 is 2.21 bits per heavy atom. The average Bonchev–Trinajstić information content (AvgIpc) is 2.79. The summed E-state index contributed by atoms with van der Waals surface area (Å²) in [7, 11) is 0. The van der Waals surface area contributed by atoms with E-state index in [1.807, 2.05) is 20.8 Å². The summed E-state index contributed by atoms with van der Waals surface area (Å²) in [6, 6.07) is 5.14. The van der Waals surface area contributed by atoms with Crippen molar-refractivity contribution in [2.75, 3.05) is 11.9 Å². The van der Waals surface area contributed by atoms with Crippen LogP contribution in [-0.2, 0) is 0 Å². The Labute approximate surface area is 112 Å². The lowest BCUT2D eigenvalue weighted by Gasteiger charge is -2.13. The summed E-state index contributed by atoms with van der Waals surface area (Å²) >= 11 is 0. The van der Waals surface area contributed by atoms with Gasteiger partial charge < -0.3 is 10.1 Å². The zero-order valence-corrected chi connectivity index (χ0v) is 11.4. The van der Waals surface area contributed by atoms with Crippen LogP contribution < -0.4 is 10.1 Å². The van der Waals surface area contributed by atoms with Crippen LogP contribution in [0.2, 0.25) is 0 Å². The zero-order valence-electron chi connectivity index (χ0n) is 11.4. The quantitative estimate of drug-likeness (QED) is 0.900.